The van der Waals surface area contributed by atoms with Crippen molar-refractivity contribution < 1.29 is 9.53 Å². The number of hydrogen-bond acceptors (Lipinski definition) is 3. The molecule has 3 N–H and O–H groups in total. The molecule has 1 aromatic rings. The molecular weight excluding hydrogens is 252 g/mol. The lowest BCUT2D eigenvalue weighted by molar-refractivity contribution is -0.124. The van der Waals surface area contributed by atoms with Crippen molar-refractivity contribution in [1.29, 1.82) is 0 Å². The van der Waals surface area contributed by atoms with Gasteiger partial charge in [0.15, 0.2) is 0 Å². The van der Waals surface area contributed by atoms with Crippen LogP contribution in [0.1, 0.15) is 39.0 Å². The highest BCUT2D eigenvalue weighted by molar-refractivity contribution is 5.96. The van der Waals surface area contributed by atoms with E-state index in [0.717, 1.165) is 43.5 Å². The van der Waals surface area contributed by atoms with Crippen LogP contribution < -0.4 is 15.8 Å². The van der Waals surface area contributed by atoms with E-state index < -0.39 is 5.41 Å². The Morgan fingerprint density at radius 1 is 1.35 bits per heavy atom. The van der Waals surface area contributed by atoms with Crippen LogP contribution in [-0.4, -0.2) is 19.1 Å². The van der Waals surface area contributed by atoms with E-state index in [1.165, 1.54) is 0 Å². The highest BCUT2D eigenvalue weighted by Crippen LogP contribution is 2.38. The van der Waals surface area contributed by atoms with Crippen LogP contribution in [0.5, 0.6) is 5.75 Å². The summed E-state index contributed by atoms with van der Waals surface area (Å²) in [6.45, 7) is 3.12. The number of benzene rings is 1. The van der Waals surface area contributed by atoms with E-state index in [9.17, 15) is 4.79 Å². The lowest BCUT2D eigenvalue weighted by atomic mass is 9.85. The minimum Gasteiger partial charge on any atom is -0.491 e. The molecule has 110 valence electrons. The summed E-state index contributed by atoms with van der Waals surface area (Å²) in [7, 11) is 0. The fraction of sp³-hybridized carbons (Fsp3) is 0.562. The van der Waals surface area contributed by atoms with Crippen molar-refractivity contribution in [3.63, 3.8) is 0 Å². The molecule has 0 radical (unpaired) electrons. The van der Waals surface area contributed by atoms with Gasteiger partial charge in [-0.15, -0.1) is 0 Å². The van der Waals surface area contributed by atoms with E-state index in [1.54, 1.807) is 0 Å². The van der Waals surface area contributed by atoms with Crippen molar-refractivity contribution in [2.24, 2.45) is 11.1 Å². The number of para-hydroxylation sites is 2. The minimum atomic E-state index is -0.391. The third-order valence-electron chi connectivity index (χ3n) is 4.03. The molecule has 4 nitrogen and oxygen atoms in total. The maximum absolute atomic E-state index is 12.5. The van der Waals surface area contributed by atoms with Crippen LogP contribution >= 0.6 is 0 Å². The Morgan fingerprint density at radius 3 is 2.70 bits per heavy atom. The van der Waals surface area contributed by atoms with Gasteiger partial charge in [0.05, 0.1) is 17.7 Å². The number of anilines is 1. The molecule has 1 amide bonds. The third kappa shape index (κ3) is 3.12. The second-order valence-electron chi connectivity index (χ2n) is 5.49. The molecule has 1 aromatic carbocycles. The Kier molecular flexibility index (Phi) is 5.01. The Hall–Kier alpha value is -1.55. The van der Waals surface area contributed by atoms with Gasteiger partial charge < -0.3 is 15.8 Å². The molecule has 0 aromatic heterocycles. The first-order valence-corrected chi connectivity index (χ1v) is 7.45. The molecule has 4 heteroatoms. The van der Waals surface area contributed by atoms with Gasteiger partial charge in [-0.3, -0.25) is 4.79 Å². The molecule has 1 fully saturated rings. The van der Waals surface area contributed by atoms with Gasteiger partial charge >= 0.3 is 0 Å². The van der Waals surface area contributed by atoms with E-state index >= 15 is 0 Å². The third-order valence-corrected chi connectivity index (χ3v) is 4.03. The Balaban J connectivity index is 2.11. The van der Waals surface area contributed by atoms with Gasteiger partial charge in [-0.25, -0.2) is 0 Å². The highest BCUT2D eigenvalue weighted by Gasteiger charge is 2.40. The zero-order valence-electron chi connectivity index (χ0n) is 12.2. The van der Waals surface area contributed by atoms with E-state index in [0.29, 0.717) is 13.2 Å². The number of nitrogens with one attached hydrogen (secondary N) is 1. The zero-order valence-corrected chi connectivity index (χ0v) is 12.2. The number of ether oxygens (including phenoxy) is 1. The van der Waals surface area contributed by atoms with Crippen LogP contribution in [0.4, 0.5) is 5.69 Å². The Bertz CT molecular complexity index is 454. The van der Waals surface area contributed by atoms with Crippen molar-refractivity contribution in [2.75, 3.05) is 18.5 Å². The monoisotopic (exact) mass is 276 g/mol. The molecule has 0 unspecified atom stereocenters. The Labute approximate surface area is 120 Å². The highest BCUT2D eigenvalue weighted by atomic mass is 16.5. The first-order valence-electron chi connectivity index (χ1n) is 7.45. The summed E-state index contributed by atoms with van der Waals surface area (Å²) >= 11 is 0. The zero-order chi connectivity index (χ0) is 14.4. The van der Waals surface area contributed by atoms with Crippen molar-refractivity contribution in [2.45, 2.75) is 39.0 Å². The predicted octanol–water partition coefficient (Wildman–Crippen LogP) is 2.93. The smallest absolute Gasteiger partial charge is 0.231 e. The molecule has 20 heavy (non-hydrogen) atoms. The lowest BCUT2D eigenvalue weighted by Gasteiger charge is -2.26. The largest absolute Gasteiger partial charge is 0.491 e. The fourth-order valence-electron chi connectivity index (χ4n) is 2.74. The number of carbonyl (C=O) groups excluding carboxylic acids is 1. The molecule has 0 atom stereocenters. The van der Waals surface area contributed by atoms with Crippen molar-refractivity contribution in [3.05, 3.63) is 24.3 Å². The van der Waals surface area contributed by atoms with Crippen LogP contribution in [-0.2, 0) is 4.79 Å². The van der Waals surface area contributed by atoms with Gasteiger partial charge in [-0.2, -0.15) is 0 Å². The van der Waals surface area contributed by atoms with Gasteiger partial charge in [0, 0.05) is 6.54 Å². The summed E-state index contributed by atoms with van der Waals surface area (Å²) < 4.78 is 5.67. The van der Waals surface area contributed by atoms with Crippen LogP contribution in [0.3, 0.4) is 0 Å². The number of carbonyl (C=O) groups is 1. The van der Waals surface area contributed by atoms with Crippen LogP contribution in [0.2, 0.25) is 0 Å². The summed E-state index contributed by atoms with van der Waals surface area (Å²) in [6, 6.07) is 7.57. The SMILES string of the molecule is CCCOc1ccccc1NC(=O)C1(CN)CCCC1. The number of amides is 1. The maximum atomic E-state index is 12.5. The standard InChI is InChI=1S/C16H24N2O2/c1-2-11-20-14-8-4-3-7-13(14)18-15(19)16(12-17)9-5-6-10-16/h3-4,7-8H,2,5-6,9-12,17H2,1H3,(H,18,19). The topological polar surface area (TPSA) is 64.3 Å². The van der Waals surface area contributed by atoms with Gasteiger partial charge in [-0.05, 0) is 31.4 Å². The fourth-order valence-corrected chi connectivity index (χ4v) is 2.74. The molecule has 0 saturated heterocycles. The number of rotatable bonds is 6. The van der Waals surface area contributed by atoms with Gasteiger partial charge in [0.1, 0.15) is 5.75 Å². The summed E-state index contributed by atoms with van der Waals surface area (Å²) in [6.07, 6.45) is 4.87. The lowest BCUT2D eigenvalue weighted by Crippen LogP contribution is -2.40. The van der Waals surface area contributed by atoms with Crippen molar-refractivity contribution >= 4 is 11.6 Å². The predicted molar refractivity (Wildman–Crippen MR) is 80.8 cm³/mol. The summed E-state index contributed by atoms with van der Waals surface area (Å²) in [5, 5.41) is 3.01. The van der Waals surface area contributed by atoms with Gasteiger partial charge in [-0.1, -0.05) is 31.9 Å². The molecule has 0 bridgehead atoms. The van der Waals surface area contributed by atoms with E-state index in [-0.39, 0.29) is 5.91 Å². The Morgan fingerprint density at radius 2 is 2.05 bits per heavy atom. The molecule has 1 aliphatic rings. The molecule has 2 rings (SSSR count). The molecule has 0 aliphatic heterocycles. The number of nitrogens with two attached hydrogens (primary N) is 1. The molecule has 0 heterocycles. The summed E-state index contributed by atoms with van der Waals surface area (Å²) in [4.78, 5) is 12.5. The average Bonchev–Trinajstić information content (AvgIpc) is 2.96. The number of hydrogen-bond donors (Lipinski definition) is 2. The second-order valence-corrected chi connectivity index (χ2v) is 5.49. The minimum absolute atomic E-state index is 0.0325. The molecule has 1 aliphatic carbocycles. The van der Waals surface area contributed by atoms with Crippen molar-refractivity contribution in [1.82, 2.24) is 0 Å². The van der Waals surface area contributed by atoms with Crippen LogP contribution in [0, 0.1) is 5.41 Å². The molecule has 0 spiro atoms. The van der Waals surface area contributed by atoms with Crippen molar-refractivity contribution in [3.8, 4) is 5.75 Å². The molecular formula is C16H24N2O2. The maximum Gasteiger partial charge on any atom is 0.231 e. The normalized spacial score (nSPS) is 16.9. The van der Waals surface area contributed by atoms with Gasteiger partial charge in [0.25, 0.3) is 0 Å². The first-order chi connectivity index (χ1) is 9.72. The van der Waals surface area contributed by atoms with E-state index in [1.807, 2.05) is 24.3 Å². The second kappa shape index (κ2) is 6.75. The van der Waals surface area contributed by atoms with E-state index in [4.69, 9.17) is 10.5 Å². The average molecular weight is 276 g/mol. The summed E-state index contributed by atoms with van der Waals surface area (Å²) in [5.41, 5.74) is 6.20. The molecule has 1 saturated carbocycles. The van der Waals surface area contributed by atoms with E-state index in [2.05, 4.69) is 12.2 Å². The quantitative estimate of drug-likeness (QED) is 0.839. The van der Waals surface area contributed by atoms with Gasteiger partial charge in [0.2, 0.25) is 5.91 Å². The van der Waals surface area contributed by atoms with Crippen LogP contribution in [0.25, 0.3) is 0 Å². The first kappa shape index (κ1) is 14.9. The summed E-state index contributed by atoms with van der Waals surface area (Å²) in [5.74, 6) is 0.762. The van der Waals surface area contributed by atoms with Crippen LogP contribution in [0.15, 0.2) is 24.3 Å².